The Bertz CT molecular complexity index is 205. The van der Waals surface area contributed by atoms with Crippen molar-refractivity contribution in [3.8, 4) is 0 Å². The van der Waals surface area contributed by atoms with E-state index in [1.54, 1.807) is 0 Å². The summed E-state index contributed by atoms with van der Waals surface area (Å²) in [5, 5.41) is 26.5. The average Bonchev–Trinajstić information content (AvgIpc) is 2.22. The standard InChI is InChI=1S/C9H16O6/c1-6(9(13)14)8(15-3-2-10)4-7(12)5-11/h2,6-8,11-12H,3-5H2,1H3,(H,13,14). The van der Waals surface area contributed by atoms with E-state index in [1.807, 2.05) is 0 Å². The van der Waals surface area contributed by atoms with Crippen molar-refractivity contribution in [2.75, 3.05) is 13.2 Å². The van der Waals surface area contributed by atoms with Crippen LogP contribution in [0.1, 0.15) is 13.3 Å². The Labute approximate surface area is 87.5 Å². The number of carboxylic acids is 1. The molecular formula is C9H16O6. The zero-order chi connectivity index (χ0) is 11.8. The summed E-state index contributed by atoms with van der Waals surface area (Å²) in [5.41, 5.74) is 0. The van der Waals surface area contributed by atoms with E-state index in [-0.39, 0.29) is 13.0 Å². The minimum absolute atomic E-state index is 0.0161. The molecule has 0 fully saturated rings. The zero-order valence-electron chi connectivity index (χ0n) is 8.50. The van der Waals surface area contributed by atoms with Crippen molar-refractivity contribution in [3.05, 3.63) is 0 Å². The summed E-state index contributed by atoms with van der Waals surface area (Å²) in [6.45, 7) is 0.732. The number of aldehydes is 1. The fraction of sp³-hybridized carbons (Fsp3) is 0.778. The molecule has 0 aliphatic rings. The maximum absolute atomic E-state index is 10.7. The first-order valence-corrected chi connectivity index (χ1v) is 4.59. The van der Waals surface area contributed by atoms with E-state index in [2.05, 4.69) is 0 Å². The summed E-state index contributed by atoms with van der Waals surface area (Å²) in [6, 6.07) is 0. The quantitative estimate of drug-likeness (QED) is 0.455. The third kappa shape index (κ3) is 5.46. The van der Waals surface area contributed by atoms with E-state index in [1.165, 1.54) is 6.92 Å². The van der Waals surface area contributed by atoms with E-state index in [0.717, 1.165) is 0 Å². The number of hydrogen-bond acceptors (Lipinski definition) is 5. The van der Waals surface area contributed by atoms with Gasteiger partial charge in [-0.05, 0) is 6.92 Å². The maximum Gasteiger partial charge on any atom is 0.308 e. The zero-order valence-corrected chi connectivity index (χ0v) is 8.50. The van der Waals surface area contributed by atoms with Crippen LogP contribution < -0.4 is 0 Å². The summed E-state index contributed by atoms with van der Waals surface area (Å²) in [5.74, 6) is -1.91. The Morgan fingerprint density at radius 1 is 1.53 bits per heavy atom. The molecular weight excluding hydrogens is 204 g/mol. The summed E-state index contributed by atoms with van der Waals surface area (Å²) in [6.07, 6.45) is -1.33. The number of aliphatic carboxylic acids is 1. The Morgan fingerprint density at radius 2 is 2.13 bits per heavy atom. The van der Waals surface area contributed by atoms with Crippen molar-refractivity contribution < 1.29 is 29.6 Å². The summed E-state index contributed by atoms with van der Waals surface area (Å²) in [4.78, 5) is 20.7. The molecule has 3 unspecified atom stereocenters. The van der Waals surface area contributed by atoms with Gasteiger partial charge in [-0.15, -0.1) is 0 Å². The predicted octanol–water partition coefficient (Wildman–Crippen LogP) is -0.966. The minimum atomic E-state index is -1.07. The van der Waals surface area contributed by atoms with Crippen LogP contribution in [0, 0.1) is 5.92 Å². The van der Waals surface area contributed by atoms with Crippen LogP contribution in [-0.2, 0) is 14.3 Å². The van der Waals surface area contributed by atoms with Gasteiger partial charge in [0.1, 0.15) is 12.9 Å². The molecule has 0 bridgehead atoms. The van der Waals surface area contributed by atoms with Crippen LogP contribution in [0.15, 0.2) is 0 Å². The fourth-order valence-corrected chi connectivity index (χ4v) is 1.08. The molecule has 0 aromatic carbocycles. The molecule has 0 radical (unpaired) electrons. The van der Waals surface area contributed by atoms with Gasteiger partial charge in [0.25, 0.3) is 0 Å². The molecule has 0 saturated carbocycles. The van der Waals surface area contributed by atoms with Crippen LogP contribution in [0.5, 0.6) is 0 Å². The molecule has 3 atom stereocenters. The Hall–Kier alpha value is -0.980. The third-order valence-corrected chi connectivity index (χ3v) is 2.04. The molecule has 88 valence electrons. The molecule has 6 nitrogen and oxygen atoms in total. The fourth-order valence-electron chi connectivity index (χ4n) is 1.08. The van der Waals surface area contributed by atoms with E-state index >= 15 is 0 Å². The molecule has 0 aromatic rings. The molecule has 0 aliphatic heterocycles. The Morgan fingerprint density at radius 3 is 2.53 bits per heavy atom. The van der Waals surface area contributed by atoms with E-state index in [9.17, 15) is 9.59 Å². The molecule has 0 aromatic heterocycles. The van der Waals surface area contributed by atoms with Crippen LogP contribution in [0.25, 0.3) is 0 Å². The average molecular weight is 220 g/mol. The number of aliphatic hydroxyl groups excluding tert-OH is 2. The van der Waals surface area contributed by atoms with Gasteiger partial charge in [-0.2, -0.15) is 0 Å². The smallest absolute Gasteiger partial charge is 0.308 e. The van der Waals surface area contributed by atoms with Crippen molar-refractivity contribution in [1.29, 1.82) is 0 Å². The molecule has 3 N–H and O–H groups in total. The molecule has 6 heteroatoms. The van der Waals surface area contributed by atoms with Gasteiger partial charge in [-0.3, -0.25) is 4.79 Å². The molecule has 0 saturated heterocycles. The van der Waals surface area contributed by atoms with Gasteiger partial charge in [0.2, 0.25) is 0 Å². The lowest BCUT2D eigenvalue weighted by Crippen LogP contribution is -2.33. The van der Waals surface area contributed by atoms with Crippen LogP contribution in [0.4, 0.5) is 0 Å². The highest BCUT2D eigenvalue weighted by Gasteiger charge is 2.26. The lowest BCUT2D eigenvalue weighted by Gasteiger charge is -2.22. The van der Waals surface area contributed by atoms with Crippen molar-refractivity contribution >= 4 is 12.3 Å². The summed E-state index contributed by atoms with van der Waals surface area (Å²) >= 11 is 0. The second-order valence-electron chi connectivity index (χ2n) is 3.24. The second kappa shape index (κ2) is 7.33. The Balaban J connectivity index is 4.28. The van der Waals surface area contributed by atoms with Crippen molar-refractivity contribution in [2.24, 2.45) is 5.92 Å². The third-order valence-electron chi connectivity index (χ3n) is 2.04. The van der Waals surface area contributed by atoms with Gasteiger partial charge < -0.3 is 24.9 Å². The summed E-state index contributed by atoms with van der Waals surface area (Å²) in [7, 11) is 0. The van der Waals surface area contributed by atoms with E-state index < -0.39 is 30.7 Å². The van der Waals surface area contributed by atoms with Gasteiger partial charge in [-0.25, -0.2) is 0 Å². The molecule has 0 amide bonds. The highest BCUT2D eigenvalue weighted by atomic mass is 16.5. The van der Waals surface area contributed by atoms with Crippen molar-refractivity contribution in [1.82, 2.24) is 0 Å². The first-order chi connectivity index (χ1) is 7.02. The predicted molar refractivity (Wildman–Crippen MR) is 50.3 cm³/mol. The molecule has 15 heavy (non-hydrogen) atoms. The van der Waals surface area contributed by atoms with Crippen molar-refractivity contribution in [2.45, 2.75) is 25.6 Å². The van der Waals surface area contributed by atoms with Crippen LogP contribution in [-0.4, -0.2) is 53.0 Å². The van der Waals surface area contributed by atoms with Gasteiger partial charge in [0.05, 0.1) is 24.7 Å². The number of carbonyl (C=O) groups is 2. The van der Waals surface area contributed by atoms with Crippen LogP contribution >= 0.6 is 0 Å². The topological polar surface area (TPSA) is 104 Å². The molecule has 0 rings (SSSR count). The first-order valence-electron chi connectivity index (χ1n) is 4.59. The number of hydrogen-bond donors (Lipinski definition) is 3. The molecule has 0 heterocycles. The van der Waals surface area contributed by atoms with Crippen LogP contribution in [0.2, 0.25) is 0 Å². The van der Waals surface area contributed by atoms with Crippen molar-refractivity contribution in [3.63, 3.8) is 0 Å². The largest absolute Gasteiger partial charge is 0.481 e. The first kappa shape index (κ1) is 14.0. The number of ether oxygens (including phenoxy) is 1. The lowest BCUT2D eigenvalue weighted by atomic mass is 9.99. The Kier molecular flexibility index (Phi) is 6.85. The highest BCUT2D eigenvalue weighted by Crippen LogP contribution is 2.14. The van der Waals surface area contributed by atoms with Gasteiger partial charge in [0, 0.05) is 6.42 Å². The normalized spacial score (nSPS) is 16.7. The maximum atomic E-state index is 10.7. The second-order valence-corrected chi connectivity index (χ2v) is 3.24. The van der Waals surface area contributed by atoms with Gasteiger partial charge >= 0.3 is 5.97 Å². The highest BCUT2D eigenvalue weighted by molar-refractivity contribution is 5.70. The SMILES string of the molecule is CC(C(=O)O)C(CC(O)CO)OCC=O. The molecule has 0 spiro atoms. The van der Waals surface area contributed by atoms with Crippen LogP contribution in [0.3, 0.4) is 0 Å². The van der Waals surface area contributed by atoms with E-state index in [0.29, 0.717) is 6.29 Å². The summed E-state index contributed by atoms with van der Waals surface area (Å²) < 4.78 is 4.97. The number of rotatable bonds is 8. The monoisotopic (exact) mass is 220 g/mol. The molecule has 0 aliphatic carbocycles. The number of carbonyl (C=O) groups excluding carboxylic acids is 1. The van der Waals surface area contributed by atoms with Gasteiger partial charge in [0.15, 0.2) is 0 Å². The van der Waals surface area contributed by atoms with Gasteiger partial charge in [-0.1, -0.05) is 0 Å². The number of aliphatic hydroxyl groups is 2. The minimum Gasteiger partial charge on any atom is -0.481 e. The number of carboxylic acid groups (broad SMARTS) is 1. The van der Waals surface area contributed by atoms with E-state index in [4.69, 9.17) is 20.1 Å². The lowest BCUT2D eigenvalue weighted by molar-refractivity contribution is -0.148.